The largest absolute Gasteiger partial charge is 0.481 e. The molecule has 0 aliphatic rings. The first kappa shape index (κ1) is 54.9. The summed E-state index contributed by atoms with van der Waals surface area (Å²) < 4.78 is 13.6. The van der Waals surface area contributed by atoms with Crippen molar-refractivity contribution in [3.63, 3.8) is 0 Å². The van der Waals surface area contributed by atoms with Gasteiger partial charge in [0.25, 0.3) is 5.91 Å². The van der Waals surface area contributed by atoms with Gasteiger partial charge in [-0.25, -0.2) is 18.8 Å². The fraction of sp³-hybridized carbons (Fsp3) is 0.306. The zero-order chi connectivity index (χ0) is 51.7. The van der Waals surface area contributed by atoms with Crippen LogP contribution in [0.5, 0.6) is 0 Å². The Labute approximate surface area is 406 Å². The highest BCUT2D eigenvalue weighted by atomic mass is 19.1. The number of urea groups is 1. The van der Waals surface area contributed by atoms with E-state index in [9.17, 15) is 62.5 Å². The van der Waals surface area contributed by atoms with Gasteiger partial charge in [0.15, 0.2) is 0 Å². The van der Waals surface area contributed by atoms with Crippen LogP contribution in [-0.4, -0.2) is 125 Å². The molecule has 22 heteroatoms. The zero-order valence-electron chi connectivity index (χ0n) is 38.2. The topological polar surface area (TPSA) is 328 Å². The summed E-state index contributed by atoms with van der Waals surface area (Å²) in [6.45, 7) is -0.796. The standard InChI is InChI=1S/C49H55FN8O13/c50-34-18-16-33(17-19-34)43(63)55-39(28-32-14-8-3-9-15-32)46(66)56-38(27-31-12-6-2-7-13-31)45(65)53-29-41(60)51-24-25-52-44(64)37(26-30-10-4-1-5-11-30)54-40(59)22-20-35(47(67)68)57-49(71)58-36(48(69)70)21-23-42(61)62/h1-19,35-39H,20-29H2,(H,51,60)(H,52,64)(H,53,65)(H,54,59)(H,55,63)(H,56,66)(H,61,62)(H,67,68)(H,69,70)(H2,57,58,71)/t35-,36-,37-,38-,39-/m0/s1. The van der Waals surface area contributed by atoms with Crippen molar-refractivity contribution in [3.8, 4) is 0 Å². The first-order valence-electron chi connectivity index (χ1n) is 22.3. The molecule has 0 radical (unpaired) electrons. The first-order valence-corrected chi connectivity index (χ1v) is 22.3. The Morgan fingerprint density at radius 2 is 0.873 bits per heavy atom. The Morgan fingerprint density at radius 1 is 0.437 bits per heavy atom. The molecule has 376 valence electrons. The Kier molecular flexibility index (Phi) is 22.1. The summed E-state index contributed by atoms with van der Waals surface area (Å²) in [6.07, 6.45) is -1.98. The summed E-state index contributed by atoms with van der Waals surface area (Å²) in [6, 6.07) is 22.8. The molecule has 0 spiro atoms. The van der Waals surface area contributed by atoms with Crippen molar-refractivity contribution in [2.24, 2.45) is 0 Å². The van der Waals surface area contributed by atoms with Gasteiger partial charge in [0.1, 0.15) is 36.0 Å². The van der Waals surface area contributed by atoms with Gasteiger partial charge in [-0.1, -0.05) is 91.0 Å². The summed E-state index contributed by atoms with van der Waals surface area (Å²) in [5.74, 6) is -9.13. The summed E-state index contributed by atoms with van der Waals surface area (Å²) in [5.41, 5.74) is 2.14. The minimum Gasteiger partial charge on any atom is -0.481 e. The molecular weight excluding hydrogens is 928 g/mol. The molecule has 0 aromatic heterocycles. The second-order valence-electron chi connectivity index (χ2n) is 16.0. The Hall–Kier alpha value is -8.69. The number of carbonyl (C=O) groups excluding carboxylic acids is 7. The van der Waals surface area contributed by atoms with Gasteiger partial charge in [-0.15, -0.1) is 0 Å². The highest BCUT2D eigenvalue weighted by molar-refractivity contribution is 5.99. The van der Waals surface area contributed by atoms with E-state index in [4.69, 9.17) is 5.11 Å². The summed E-state index contributed by atoms with van der Waals surface area (Å²) in [5, 5.41) is 47.4. The van der Waals surface area contributed by atoms with Gasteiger partial charge in [-0.05, 0) is 53.8 Å². The molecule has 0 aliphatic heterocycles. The van der Waals surface area contributed by atoms with Crippen molar-refractivity contribution in [1.29, 1.82) is 0 Å². The molecule has 4 rings (SSSR count). The second kappa shape index (κ2) is 28.6. The molecule has 0 saturated carbocycles. The Bertz CT molecular complexity index is 2470. The number of benzene rings is 4. The van der Waals surface area contributed by atoms with Gasteiger partial charge < -0.3 is 57.9 Å². The lowest BCUT2D eigenvalue weighted by molar-refractivity contribution is -0.141. The zero-order valence-corrected chi connectivity index (χ0v) is 38.2. The van der Waals surface area contributed by atoms with Gasteiger partial charge in [0.2, 0.25) is 29.5 Å². The van der Waals surface area contributed by atoms with E-state index in [0.717, 1.165) is 12.1 Å². The number of aliphatic carboxylic acids is 3. The maximum Gasteiger partial charge on any atom is 0.326 e. The molecule has 0 bridgehead atoms. The molecule has 11 N–H and O–H groups in total. The van der Waals surface area contributed by atoms with Gasteiger partial charge in [-0.3, -0.25) is 33.6 Å². The Balaban J connectivity index is 1.32. The van der Waals surface area contributed by atoms with Crippen LogP contribution in [-0.2, 0) is 57.6 Å². The molecule has 0 aliphatic carbocycles. The van der Waals surface area contributed by atoms with E-state index >= 15 is 0 Å². The number of nitrogens with one attached hydrogen (secondary N) is 8. The van der Waals surface area contributed by atoms with Crippen molar-refractivity contribution in [2.45, 2.75) is 75.2 Å². The third kappa shape index (κ3) is 20.2. The molecule has 21 nitrogen and oxygen atoms in total. The van der Waals surface area contributed by atoms with Crippen molar-refractivity contribution < 1.29 is 67.7 Å². The normalized spacial score (nSPS) is 12.7. The number of carboxylic acid groups (broad SMARTS) is 3. The third-order valence-corrected chi connectivity index (χ3v) is 10.5. The quantitative estimate of drug-likeness (QED) is 0.0352. The van der Waals surface area contributed by atoms with Crippen LogP contribution in [0.3, 0.4) is 0 Å². The van der Waals surface area contributed by atoms with E-state index in [1.165, 1.54) is 12.1 Å². The first-order chi connectivity index (χ1) is 34.0. The molecule has 0 saturated heterocycles. The monoisotopic (exact) mass is 982 g/mol. The predicted octanol–water partition coefficient (Wildman–Crippen LogP) is 0.821. The van der Waals surface area contributed by atoms with E-state index in [0.29, 0.717) is 16.7 Å². The van der Waals surface area contributed by atoms with Gasteiger partial charge in [-0.2, -0.15) is 0 Å². The third-order valence-electron chi connectivity index (χ3n) is 10.5. The number of rotatable bonds is 28. The molecule has 0 unspecified atom stereocenters. The minimum absolute atomic E-state index is 0.00104. The predicted molar refractivity (Wildman–Crippen MR) is 252 cm³/mol. The number of carboxylic acids is 3. The molecule has 5 atom stereocenters. The molecular formula is C49H55FN8O13. The van der Waals surface area contributed by atoms with E-state index in [1.54, 1.807) is 91.0 Å². The number of amides is 8. The van der Waals surface area contributed by atoms with Gasteiger partial charge in [0.05, 0.1) is 6.54 Å². The maximum atomic E-state index is 13.9. The second-order valence-corrected chi connectivity index (χ2v) is 16.0. The van der Waals surface area contributed by atoms with Gasteiger partial charge in [0, 0.05) is 50.8 Å². The van der Waals surface area contributed by atoms with E-state index in [-0.39, 0.29) is 37.9 Å². The highest BCUT2D eigenvalue weighted by Gasteiger charge is 2.30. The van der Waals surface area contributed by atoms with Crippen LogP contribution in [0, 0.1) is 5.82 Å². The number of carbonyl (C=O) groups is 10. The molecule has 4 aromatic carbocycles. The van der Waals surface area contributed by atoms with Crippen molar-refractivity contribution in [1.82, 2.24) is 42.5 Å². The minimum atomic E-state index is -1.68. The maximum absolute atomic E-state index is 13.9. The molecule has 0 fully saturated rings. The van der Waals surface area contributed by atoms with Crippen LogP contribution in [0.25, 0.3) is 0 Å². The van der Waals surface area contributed by atoms with E-state index in [1.807, 2.05) is 10.6 Å². The van der Waals surface area contributed by atoms with Gasteiger partial charge >= 0.3 is 23.9 Å². The molecule has 0 heterocycles. The molecule has 8 amide bonds. The van der Waals surface area contributed by atoms with Crippen LogP contribution in [0.2, 0.25) is 0 Å². The van der Waals surface area contributed by atoms with Crippen molar-refractivity contribution in [3.05, 3.63) is 143 Å². The van der Waals surface area contributed by atoms with Crippen LogP contribution in [0.15, 0.2) is 115 Å². The number of halogens is 1. The van der Waals surface area contributed by atoms with Crippen LogP contribution in [0.4, 0.5) is 9.18 Å². The molecule has 71 heavy (non-hydrogen) atoms. The SMILES string of the molecule is O=C(O)CC[C@H](NC(=O)N[C@@H](CCC(=O)N[C@@H](Cc1ccccc1)C(=O)NCCNC(=O)CNC(=O)[C@H](Cc1ccccc1)NC(=O)[C@H](Cc1ccccc1)NC(=O)c1ccc(F)cc1)C(=O)O)C(=O)O. The van der Waals surface area contributed by atoms with Crippen LogP contribution < -0.4 is 42.5 Å². The summed E-state index contributed by atoms with van der Waals surface area (Å²) in [7, 11) is 0. The van der Waals surface area contributed by atoms with Crippen LogP contribution >= 0.6 is 0 Å². The van der Waals surface area contributed by atoms with Crippen LogP contribution in [0.1, 0.15) is 52.7 Å². The highest BCUT2D eigenvalue weighted by Crippen LogP contribution is 2.10. The number of hydrogen-bond acceptors (Lipinski definition) is 10. The van der Waals surface area contributed by atoms with Crippen molar-refractivity contribution in [2.75, 3.05) is 19.6 Å². The smallest absolute Gasteiger partial charge is 0.326 e. The average molecular weight is 983 g/mol. The average Bonchev–Trinajstić information content (AvgIpc) is 3.34. The Morgan fingerprint density at radius 3 is 1.35 bits per heavy atom. The molecule has 4 aromatic rings. The summed E-state index contributed by atoms with van der Waals surface area (Å²) in [4.78, 5) is 127. The van der Waals surface area contributed by atoms with Crippen molar-refractivity contribution >= 4 is 59.4 Å². The lowest BCUT2D eigenvalue weighted by Crippen LogP contribution is -2.56. The fourth-order valence-corrected chi connectivity index (χ4v) is 6.84. The van der Waals surface area contributed by atoms with E-state index in [2.05, 4.69) is 31.9 Å². The summed E-state index contributed by atoms with van der Waals surface area (Å²) >= 11 is 0. The fourth-order valence-electron chi connectivity index (χ4n) is 6.84. The van der Waals surface area contributed by atoms with E-state index < -0.39 is 128 Å². The lowest BCUT2D eigenvalue weighted by Gasteiger charge is -2.23. The lowest BCUT2D eigenvalue weighted by atomic mass is 10.0. The number of hydrogen-bond donors (Lipinski definition) is 11.